The fourth-order valence-corrected chi connectivity index (χ4v) is 11.2. The number of nitrogens with zero attached hydrogens (tertiary/aromatic N) is 4. The Kier molecular flexibility index (Phi) is 14.8. The summed E-state index contributed by atoms with van der Waals surface area (Å²) in [6.07, 6.45) is 10.5. The van der Waals surface area contributed by atoms with Gasteiger partial charge in [0.2, 0.25) is 24.1 Å². The van der Waals surface area contributed by atoms with Crippen LogP contribution in [0.1, 0.15) is 106 Å². The van der Waals surface area contributed by atoms with E-state index in [0.717, 1.165) is 115 Å². The van der Waals surface area contributed by atoms with Crippen molar-refractivity contribution in [1.82, 2.24) is 34.9 Å². The number of fused-ring (bicyclic) bond motifs is 1. The summed E-state index contributed by atoms with van der Waals surface area (Å²) in [4.78, 5) is 69.2. The van der Waals surface area contributed by atoms with Gasteiger partial charge in [-0.1, -0.05) is 66.7 Å². The number of rotatable bonds is 15. The molecule has 4 N–H and O–H groups in total. The summed E-state index contributed by atoms with van der Waals surface area (Å²) in [7, 11) is 1.72. The highest BCUT2D eigenvalue weighted by Crippen LogP contribution is 2.40. The Morgan fingerprint density at radius 1 is 0.908 bits per heavy atom. The van der Waals surface area contributed by atoms with E-state index in [1.165, 1.54) is 10.6 Å². The molecule has 0 radical (unpaired) electrons. The number of hydrogen-bond donors (Lipinski definition) is 4. The van der Waals surface area contributed by atoms with Crippen molar-refractivity contribution >= 4 is 64.1 Å². The lowest BCUT2D eigenvalue weighted by Crippen LogP contribution is -2.58. The average Bonchev–Trinajstić information content (AvgIpc) is 3.53. The Morgan fingerprint density at radius 3 is 2.37 bits per heavy atom. The van der Waals surface area contributed by atoms with Crippen LogP contribution in [0.15, 0.2) is 59.4 Å². The van der Waals surface area contributed by atoms with Crippen LogP contribution in [0.2, 0.25) is 10.0 Å². The summed E-state index contributed by atoms with van der Waals surface area (Å²) in [6, 6.07) is 14.3. The van der Waals surface area contributed by atoms with Crippen molar-refractivity contribution in [3.8, 4) is 0 Å². The highest BCUT2D eigenvalue weighted by molar-refractivity contribution is 6.31. The number of halogens is 3. The van der Waals surface area contributed by atoms with Gasteiger partial charge in [0.15, 0.2) is 0 Å². The predicted molar refractivity (Wildman–Crippen MR) is 252 cm³/mol. The number of piperidine rings is 1. The summed E-state index contributed by atoms with van der Waals surface area (Å²) in [5.74, 6) is -1.86. The second-order valence-corrected chi connectivity index (χ2v) is 19.8. The van der Waals surface area contributed by atoms with E-state index in [9.17, 15) is 24.0 Å². The van der Waals surface area contributed by atoms with E-state index in [0.29, 0.717) is 40.5 Å². The van der Waals surface area contributed by atoms with Crippen molar-refractivity contribution in [3.63, 3.8) is 0 Å². The molecule has 4 aromatic rings. The number of imidazole rings is 1. The second-order valence-electron chi connectivity index (χ2n) is 19.0. The molecule has 0 spiro atoms. The van der Waals surface area contributed by atoms with E-state index in [4.69, 9.17) is 23.2 Å². The first-order valence-electron chi connectivity index (χ1n) is 23.3. The van der Waals surface area contributed by atoms with E-state index in [1.54, 1.807) is 41.9 Å². The topological polar surface area (TPSA) is 150 Å². The van der Waals surface area contributed by atoms with Crippen LogP contribution < -0.4 is 27.0 Å². The number of carbonyl (C=O) groups is 4. The van der Waals surface area contributed by atoms with Crippen LogP contribution in [0.4, 0.5) is 10.1 Å². The molecule has 8 rings (SSSR count). The van der Waals surface area contributed by atoms with Gasteiger partial charge < -0.3 is 20.4 Å². The fraction of sp³-hybridized carbons (Fsp3) is 0.531. The van der Waals surface area contributed by atoms with Crippen molar-refractivity contribution < 1.29 is 23.6 Å². The number of aryl methyl sites for hydroxylation is 1. The quantitative estimate of drug-likeness (QED) is 0.0763. The first-order chi connectivity index (χ1) is 31.3. The normalized spacial score (nSPS) is 22.9. The van der Waals surface area contributed by atoms with Gasteiger partial charge in [0, 0.05) is 80.9 Å². The highest BCUT2D eigenvalue weighted by atomic mass is 35.5. The van der Waals surface area contributed by atoms with Crippen LogP contribution in [0.3, 0.4) is 0 Å². The number of carbonyl (C=O) groups excluding carboxylic acids is 4. The third-order valence-electron chi connectivity index (χ3n) is 14.5. The molecular formula is C49H61Cl2FN8O5. The molecule has 1 aromatic heterocycles. The smallest absolute Gasteiger partial charge is 0.329 e. The van der Waals surface area contributed by atoms with E-state index in [1.807, 2.05) is 18.2 Å². The van der Waals surface area contributed by atoms with Gasteiger partial charge in [-0.15, -0.1) is 0 Å². The molecule has 65 heavy (non-hydrogen) atoms. The lowest BCUT2D eigenvalue weighted by atomic mass is 9.78. The highest BCUT2D eigenvalue weighted by Gasteiger charge is 2.41. The van der Waals surface area contributed by atoms with Gasteiger partial charge >= 0.3 is 5.69 Å². The molecule has 4 fully saturated rings. The van der Waals surface area contributed by atoms with Crippen molar-refractivity contribution in [3.05, 3.63) is 97.6 Å². The Morgan fingerprint density at radius 2 is 1.65 bits per heavy atom. The molecule has 3 heterocycles. The van der Waals surface area contributed by atoms with Gasteiger partial charge in [-0.3, -0.25) is 38.9 Å². The summed E-state index contributed by atoms with van der Waals surface area (Å²) in [5, 5.41) is 12.6. The Bertz CT molecular complexity index is 2450. The maximum atomic E-state index is 16.2. The Labute approximate surface area is 389 Å². The number of hydrogen-bond acceptors (Lipinski definition) is 8. The molecule has 0 bridgehead atoms. The minimum atomic E-state index is -0.878. The molecule has 3 atom stereocenters. The van der Waals surface area contributed by atoms with Gasteiger partial charge in [-0.2, -0.15) is 0 Å². The zero-order valence-corrected chi connectivity index (χ0v) is 38.9. The molecular weight excluding hydrogens is 870 g/mol. The molecule has 16 heteroatoms. The third kappa shape index (κ3) is 10.7. The maximum Gasteiger partial charge on any atom is 0.329 e. The van der Waals surface area contributed by atoms with E-state index >= 15 is 4.39 Å². The molecule has 2 saturated carbocycles. The lowest BCUT2D eigenvalue weighted by molar-refractivity contribution is -0.135. The second kappa shape index (κ2) is 20.5. The van der Waals surface area contributed by atoms with Crippen LogP contribution in [-0.2, 0) is 32.6 Å². The van der Waals surface area contributed by atoms with Crippen LogP contribution in [0.25, 0.3) is 11.0 Å². The molecule has 4 aliphatic rings. The molecule has 2 saturated heterocycles. The van der Waals surface area contributed by atoms with Gasteiger partial charge in [0.25, 0.3) is 0 Å². The fourth-order valence-electron chi connectivity index (χ4n) is 10.9. The zero-order chi connectivity index (χ0) is 45.8. The molecule has 4 amide bonds. The van der Waals surface area contributed by atoms with Gasteiger partial charge in [-0.05, 0) is 111 Å². The zero-order valence-electron chi connectivity index (χ0n) is 37.4. The molecule has 13 nitrogen and oxygen atoms in total. The Hall–Kier alpha value is -4.60. The molecule has 3 aromatic carbocycles. The Balaban J connectivity index is 0.871. The summed E-state index contributed by atoms with van der Waals surface area (Å²) in [5.41, 5.74) is 3.21. The van der Waals surface area contributed by atoms with Gasteiger partial charge in [0.05, 0.1) is 22.1 Å². The minimum absolute atomic E-state index is 0.0284. The summed E-state index contributed by atoms with van der Waals surface area (Å²) in [6.45, 7) is 7.97. The SMILES string of the molecule is Cn1c(=O)n(C2CCC(=O)NC2=O)c2ccc(CCN3CCN(CC4CCC(NC(=O)C(NC5(C)CCCCC5)[C@@H](c5ccc(Cl)cc5NC=O)c5cccc(Cl)c5F)CC4)CC3)cc21. The number of imide groups is 1. The standard InChI is InChI=1S/C49H61Cl2FN8O5/c1-49(20-4-3-5-21-49)56-45(43(36-7-6-8-37(51)44(36)52)35-15-12-33(50)28-38(35)53-30-61)47(64)54-34-13-9-32(10-14-34)29-59-25-23-58(24-26-59)22-19-31-11-16-39-41(27-31)57(2)48(65)60(39)40-17-18-42(62)55-46(40)63/h6-8,11-12,15-16,27-28,30,32,34,40,43,45,56H,3-5,9-10,13-14,17-26,29H2,1-2H3,(H,53,61)(H,54,64)(H,55,62,63)/t32?,34?,40?,43-,45?/m0/s1. The minimum Gasteiger partial charge on any atom is -0.352 e. The largest absolute Gasteiger partial charge is 0.352 e. The number of amides is 4. The molecule has 2 aliphatic heterocycles. The third-order valence-corrected chi connectivity index (χ3v) is 15.1. The number of benzene rings is 3. The van der Waals surface area contributed by atoms with Crippen LogP contribution in [0.5, 0.6) is 0 Å². The molecule has 348 valence electrons. The summed E-state index contributed by atoms with van der Waals surface area (Å²) >= 11 is 12.8. The number of piperazine rings is 1. The van der Waals surface area contributed by atoms with Gasteiger partial charge in [-0.25, -0.2) is 9.18 Å². The number of aromatic nitrogens is 2. The van der Waals surface area contributed by atoms with Crippen LogP contribution in [-0.4, -0.2) is 100.0 Å². The van der Waals surface area contributed by atoms with Crippen molar-refractivity contribution in [2.75, 3.05) is 44.6 Å². The first-order valence-corrected chi connectivity index (χ1v) is 24.1. The van der Waals surface area contributed by atoms with Crippen molar-refractivity contribution in [1.29, 1.82) is 0 Å². The number of nitrogens with one attached hydrogen (secondary N) is 4. The number of anilines is 1. The lowest BCUT2D eigenvalue weighted by Gasteiger charge is -2.42. The summed E-state index contributed by atoms with van der Waals surface area (Å²) < 4.78 is 19.3. The maximum absolute atomic E-state index is 16.2. The van der Waals surface area contributed by atoms with E-state index in [-0.39, 0.29) is 46.1 Å². The van der Waals surface area contributed by atoms with E-state index < -0.39 is 29.7 Å². The predicted octanol–water partition coefficient (Wildman–Crippen LogP) is 6.68. The van der Waals surface area contributed by atoms with Crippen LogP contribution >= 0.6 is 23.2 Å². The molecule has 2 unspecified atom stereocenters. The first kappa shape index (κ1) is 46.9. The van der Waals surface area contributed by atoms with Gasteiger partial charge in [0.1, 0.15) is 11.9 Å². The van der Waals surface area contributed by atoms with E-state index in [2.05, 4.69) is 38.0 Å². The molecule has 2 aliphatic carbocycles. The average molecular weight is 932 g/mol. The van der Waals surface area contributed by atoms with Crippen molar-refractivity contribution in [2.24, 2.45) is 13.0 Å². The van der Waals surface area contributed by atoms with Crippen LogP contribution in [0, 0.1) is 11.7 Å². The monoisotopic (exact) mass is 930 g/mol. The van der Waals surface area contributed by atoms with Crippen molar-refractivity contribution in [2.45, 2.75) is 114 Å².